The van der Waals surface area contributed by atoms with Gasteiger partial charge in [0.05, 0.1) is 15.8 Å². The second-order valence-corrected chi connectivity index (χ2v) is 10.1. The Kier molecular flexibility index (Phi) is 8.32. The molecular formula is C25H20F3O3S2+. The van der Waals surface area contributed by atoms with Gasteiger partial charge < -0.3 is 0 Å². The van der Waals surface area contributed by atoms with Crippen molar-refractivity contribution < 1.29 is 25.8 Å². The van der Waals surface area contributed by atoms with Crippen LogP contribution in [0.1, 0.15) is 0 Å². The molecule has 0 spiro atoms. The van der Waals surface area contributed by atoms with Crippen molar-refractivity contribution in [3.63, 3.8) is 0 Å². The van der Waals surface area contributed by atoms with Gasteiger partial charge in [0.2, 0.25) is 0 Å². The van der Waals surface area contributed by atoms with Crippen LogP contribution >= 0.6 is 0 Å². The van der Waals surface area contributed by atoms with Crippen LogP contribution < -0.4 is 0 Å². The summed E-state index contributed by atoms with van der Waals surface area (Å²) < 4.78 is 59.7. The molecule has 4 rings (SSSR count). The van der Waals surface area contributed by atoms with E-state index in [2.05, 4.69) is 95.2 Å². The number of rotatable bonds is 5. The highest BCUT2D eigenvalue weighted by atomic mass is 32.2. The maximum absolute atomic E-state index is 11.6. The molecule has 8 heteroatoms. The summed E-state index contributed by atoms with van der Waals surface area (Å²) in [5, 5.41) is 0. The van der Waals surface area contributed by atoms with Crippen LogP contribution in [-0.4, -0.2) is 14.8 Å². The van der Waals surface area contributed by atoms with Gasteiger partial charge in [-0.15, -0.1) is 13.2 Å². The molecule has 0 saturated carbocycles. The minimum Gasteiger partial charge on any atom is -0.194 e. The molecule has 0 aromatic heterocycles. The molecule has 0 radical (unpaired) electrons. The fourth-order valence-electron chi connectivity index (χ4n) is 2.84. The van der Waals surface area contributed by atoms with Crippen LogP contribution in [0, 0.1) is 0 Å². The summed E-state index contributed by atoms with van der Waals surface area (Å²) in [6, 6.07) is 38.3. The van der Waals surface area contributed by atoms with E-state index in [4.69, 9.17) is 0 Å². The molecule has 0 aliphatic rings. The van der Waals surface area contributed by atoms with Crippen LogP contribution in [0.15, 0.2) is 141 Å². The molecule has 0 bridgehead atoms. The highest BCUT2D eigenvalue weighted by Crippen LogP contribution is 2.30. The van der Waals surface area contributed by atoms with Gasteiger partial charge in [0.15, 0.2) is 14.7 Å². The molecule has 0 fully saturated rings. The van der Waals surface area contributed by atoms with Gasteiger partial charge in [-0.1, -0.05) is 72.8 Å². The van der Waals surface area contributed by atoms with E-state index in [0.29, 0.717) is 0 Å². The van der Waals surface area contributed by atoms with Gasteiger partial charge in [-0.2, -0.15) is 12.6 Å². The summed E-state index contributed by atoms with van der Waals surface area (Å²) in [4.78, 5) is 3.55. The molecule has 0 atom stereocenters. The first kappa shape index (κ1) is 24.6. The van der Waals surface area contributed by atoms with Crippen LogP contribution in [0.25, 0.3) is 0 Å². The standard InChI is InChI=1S/C18H15S.C7H5F3O3S/c1-4-10-16(11-5-1)19(17-12-6-2-7-13-17)18-14-8-3-9-15-18;8-7(9,10)13-14(11,12)6-4-2-1-3-5-6/h1-15H;1-5H/q+1;. The Morgan fingerprint density at radius 3 is 1.15 bits per heavy atom. The largest absolute Gasteiger partial charge is 0.537 e. The highest BCUT2D eigenvalue weighted by Gasteiger charge is 2.37. The van der Waals surface area contributed by atoms with Crippen LogP contribution in [0.5, 0.6) is 0 Å². The smallest absolute Gasteiger partial charge is 0.194 e. The van der Waals surface area contributed by atoms with Crippen molar-refractivity contribution in [3.8, 4) is 0 Å². The Balaban J connectivity index is 0.000000196. The second kappa shape index (κ2) is 11.2. The Morgan fingerprint density at radius 1 is 0.545 bits per heavy atom. The van der Waals surface area contributed by atoms with Crippen LogP contribution in [-0.2, 0) is 25.2 Å². The first-order valence-corrected chi connectivity index (χ1v) is 12.4. The monoisotopic (exact) mass is 489 g/mol. The van der Waals surface area contributed by atoms with Gasteiger partial charge in [0, 0.05) is 0 Å². The summed E-state index contributed by atoms with van der Waals surface area (Å²) >= 11 is 0. The Labute approximate surface area is 194 Å². The molecule has 0 saturated heterocycles. The number of hydrogen-bond donors (Lipinski definition) is 0. The first-order valence-electron chi connectivity index (χ1n) is 9.73. The van der Waals surface area contributed by atoms with Gasteiger partial charge in [-0.25, -0.2) is 0 Å². The fourth-order valence-corrected chi connectivity index (χ4v) is 5.78. The quantitative estimate of drug-likeness (QED) is 0.232. The lowest BCUT2D eigenvalue weighted by molar-refractivity contribution is -0.271. The average molecular weight is 490 g/mol. The topological polar surface area (TPSA) is 43.4 Å². The molecule has 4 aromatic carbocycles. The number of benzene rings is 4. The zero-order valence-corrected chi connectivity index (χ0v) is 18.9. The van der Waals surface area contributed by atoms with E-state index >= 15 is 0 Å². The molecule has 33 heavy (non-hydrogen) atoms. The Morgan fingerprint density at radius 2 is 0.848 bits per heavy atom. The lowest BCUT2D eigenvalue weighted by Gasteiger charge is -2.07. The summed E-state index contributed by atoms with van der Waals surface area (Å²) in [5.74, 6) is 0. The predicted octanol–water partition coefficient (Wildman–Crippen LogP) is 6.69. The number of alkyl halides is 3. The van der Waals surface area contributed by atoms with E-state index in [1.165, 1.54) is 32.9 Å². The molecule has 0 aliphatic heterocycles. The molecule has 4 aromatic rings. The van der Waals surface area contributed by atoms with Crippen LogP contribution in [0.3, 0.4) is 0 Å². The minimum absolute atomic E-state index is 0.0146. The highest BCUT2D eigenvalue weighted by molar-refractivity contribution is 7.97. The summed E-state index contributed by atoms with van der Waals surface area (Å²) in [5.41, 5.74) is 0. The Hall–Kier alpha value is -3.07. The van der Waals surface area contributed by atoms with E-state index in [1.54, 1.807) is 0 Å². The lowest BCUT2D eigenvalue weighted by Crippen LogP contribution is -2.19. The van der Waals surface area contributed by atoms with Gasteiger partial charge in [-0.05, 0) is 48.5 Å². The molecule has 3 nitrogen and oxygen atoms in total. The number of halogens is 3. The van der Waals surface area contributed by atoms with Crippen molar-refractivity contribution in [2.24, 2.45) is 0 Å². The van der Waals surface area contributed by atoms with Crippen molar-refractivity contribution in [1.29, 1.82) is 0 Å². The first-order chi connectivity index (χ1) is 15.8. The number of hydrogen-bond acceptors (Lipinski definition) is 3. The summed E-state index contributed by atoms with van der Waals surface area (Å²) in [6.07, 6.45) is -5.20. The van der Waals surface area contributed by atoms with E-state index in [1.807, 2.05) is 0 Å². The van der Waals surface area contributed by atoms with Crippen molar-refractivity contribution >= 4 is 21.0 Å². The van der Waals surface area contributed by atoms with Crippen molar-refractivity contribution in [2.45, 2.75) is 25.9 Å². The molecule has 0 amide bonds. The zero-order chi connectivity index (χ0) is 23.7. The molecule has 170 valence electrons. The Bertz CT molecular complexity index is 1120. The summed E-state index contributed by atoms with van der Waals surface area (Å²) in [6.45, 7) is 0. The van der Waals surface area contributed by atoms with E-state index in [9.17, 15) is 21.6 Å². The molecule has 0 N–H and O–H groups in total. The third-order valence-corrected chi connectivity index (χ3v) is 7.66. The average Bonchev–Trinajstić information content (AvgIpc) is 2.81. The third kappa shape index (κ3) is 7.49. The van der Waals surface area contributed by atoms with Crippen LogP contribution in [0.4, 0.5) is 13.2 Å². The zero-order valence-electron chi connectivity index (χ0n) is 17.2. The van der Waals surface area contributed by atoms with Gasteiger partial charge in [-0.3, -0.25) is 0 Å². The normalized spacial score (nSPS) is 11.5. The fraction of sp³-hybridized carbons (Fsp3) is 0.0400. The SMILES string of the molecule is O=S(=O)(OC(F)(F)F)c1ccccc1.c1ccc([S+](c2ccccc2)c2ccccc2)cc1. The predicted molar refractivity (Wildman–Crippen MR) is 122 cm³/mol. The molecule has 0 aliphatic carbocycles. The molecular weight excluding hydrogens is 469 g/mol. The summed E-state index contributed by atoms with van der Waals surface area (Å²) in [7, 11) is -4.76. The lowest BCUT2D eigenvalue weighted by atomic mass is 10.4. The van der Waals surface area contributed by atoms with Gasteiger partial charge in [0.25, 0.3) is 0 Å². The van der Waals surface area contributed by atoms with Gasteiger partial charge >= 0.3 is 16.5 Å². The van der Waals surface area contributed by atoms with Crippen molar-refractivity contribution in [1.82, 2.24) is 0 Å². The third-order valence-electron chi connectivity index (χ3n) is 4.17. The molecule has 0 heterocycles. The second-order valence-electron chi connectivity index (χ2n) is 6.54. The maximum Gasteiger partial charge on any atom is 0.537 e. The minimum atomic E-state index is -5.20. The molecule has 0 unspecified atom stereocenters. The van der Waals surface area contributed by atoms with Crippen molar-refractivity contribution in [3.05, 3.63) is 121 Å². The maximum atomic E-state index is 11.6. The van der Waals surface area contributed by atoms with E-state index in [-0.39, 0.29) is 10.9 Å². The van der Waals surface area contributed by atoms with E-state index < -0.39 is 21.4 Å². The van der Waals surface area contributed by atoms with Crippen LogP contribution in [0.2, 0.25) is 0 Å². The van der Waals surface area contributed by atoms with E-state index in [0.717, 1.165) is 12.1 Å². The van der Waals surface area contributed by atoms with Crippen molar-refractivity contribution in [2.75, 3.05) is 0 Å². The van der Waals surface area contributed by atoms with Gasteiger partial charge in [0.1, 0.15) is 0 Å².